The second kappa shape index (κ2) is 5.04. The molecule has 0 bridgehead atoms. The van der Waals surface area contributed by atoms with Gasteiger partial charge in [0.05, 0.1) is 0 Å². The van der Waals surface area contributed by atoms with Gasteiger partial charge in [0.2, 0.25) is 6.19 Å². The van der Waals surface area contributed by atoms with Crippen molar-refractivity contribution in [2.75, 3.05) is 12.8 Å². The van der Waals surface area contributed by atoms with Gasteiger partial charge in [-0.25, -0.2) is 0 Å². The Morgan fingerprint density at radius 1 is 1.44 bits per heavy atom. The zero-order valence-corrected chi connectivity index (χ0v) is 10.00. The van der Waals surface area contributed by atoms with Gasteiger partial charge in [-0.05, 0) is 23.8 Å². The Kier molecular flexibility index (Phi) is 3.47. The average Bonchev–Trinajstić information content (AvgIpc) is 2.35. The summed E-state index contributed by atoms with van der Waals surface area (Å²) in [6.45, 7) is 1.80. The third kappa shape index (κ3) is 2.20. The quantitative estimate of drug-likeness (QED) is 0.390. The maximum Gasteiger partial charge on any atom is 0.208 e. The number of hydrogen-bond donors (Lipinski definition) is 0. The summed E-state index contributed by atoms with van der Waals surface area (Å²) in [6.07, 6.45) is 4.85. The predicted molar refractivity (Wildman–Crippen MR) is 67.1 cm³/mol. The number of thioether (sulfide) groups is 1. The minimum atomic E-state index is 0.817. The summed E-state index contributed by atoms with van der Waals surface area (Å²) < 4.78 is 0. The molecule has 0 saturated carbocycles. The Bertz CT molecular complexity index is 448. The van der Waals surface area contributed by atoms with Gasteiger partial charge >= 0.3 is 0 Å². The van der Waals surface area contributed by atoms with Crippen molar-refractivity contribution in [2.45, 2.75) is 13.0 Å². The monoisotopic (exact) mass is 231 g/mol. The number of benzene rings is 1. The minimum Gasteiger partial charge on any atom is -0.346 e. The first-order chi connectivity index (χ1) is 7.85. The maximum atomic E-state index is 8.62. The van der Waals surface area contributed by atoms with Gasteiger partial charge in [-0.2, -0.15) is 5.26 Å². The number of amidine groups is 1. The zero-order valence-electron chi connectivity index (χ0n) is 9.18. The summed E-state index contributed by atoms with van der Waals surface area (Å²) in [5.74, 6) is 0. The SMILES string of the molecule is CSC(=NC#N)N1CCc2ccccc2C1. The third-order valence-electron chi connectivity index (χ3n) is 2.73. The summed E-state index contributed by atoms with van der Waals surface area (Å²) in [4.78, 5) is 6.01. The van der Waals surface area contributed by atoms with Crippen LogP contribution in [0, 0.1) is 11.5 Å². The van der Waals surface area contributed by atoms with E-state index in [0.717, 1.165) is 24.7 Å². The number of fused-ring (bicyclic) bond motifs is 1. The van der Waals surface area contributed by atoms with Crippen molar-refractivity contribution in [3.8, 4) is 6.19 Å². The molecule has 1 heterocycles. The van der Waals surface area contributed by atoms with Gasteiger partial charge in [-0.15, -0.1) is 4.99 Å². The smallest absolute Gasteiger partial charge is 0.208 e. The van der Waals surface area contributed by atoms with E-state index in [1.165, 1.54) is 22.9 Å². The lowest BCUT2D eigenvalue weighted by Gasteiger charge is -2.30. The molecule has 0 amide bonds. The van der Waals surface area contributed by atoms with Crippen LogP contribution in [0.25, 0.3) is 0 Å². The fraction of sp³-hybridized carbons (Fsp3) is 0.333. The van der Waals surface area contributed by atoms with E-state index in [2.05, 4.69) is 34.2 Å². The van der Waals surface area contributed by atoms with E-state index in [1.807, 2.05) is 12.4 Å². The molecule has 0 aromatic heterocycles. The molecule has 82 valence electrons. The topological polar surface area (TPSA) is 39.4 Å². The van der Waals surface area contributed by atoms with Crippen LogP contribution < -0.4 is 0 Å². The lowest BCUT2D eigenvalue weighted by Crippen LogP contribution is -2.34. The fourth-order valence-electron chi connectivity index (χ4n) is 1.95. The molecular formula is C12H13N3S. The largest absolute Gasteiger partial charge is 0.346 e. The van der Waals surface area contributed by atoms with Crippen LogP contribution in [-0.4, -0.2) is 22.9 Å². The van der Waals surface area contributed by atoms with E-state index in [1.54, 1.807) is 0 Å². The predicted octanol–water partition coefficient (Wildman–Crippen LogP) is 2.24. The Hall–Kier alpha value is -1.47. The van der Waals surface area contributed by atoms with E-state index in [-0.39, 0.29) is 0 Å². The van der Waals surface area contributed by atoms with Gasteiger partial charge in [0.25, 0.3) is 0 Å². The lowest BCUT2D eigenvalue weighted by atomic mass is 10.0. The Morgan fingerprint density at radius 2 is 2.19 bits per heavy atom. The van der Waals surface area contributed by atoms with Crippen LogP contribution in [0.15, 0.2) is 29.3 Å². The van der Waals surface area contributed by atoms with Gasteiger partial charge < -0.3 is 4.90 Å². The number of hydrogen-bond acceptors (Lipinski definition) is 3. The molecule has 16 heavy (non-hydrogen) atoms. The zero-order chi connectivity index (χ0) is 11.4. The van der Waals surface area contributed by atoms with E-state index in [0.29, 0.717) is 0 Å². The van der Waals surface area contributed by atoms with Crippen LogP contribution >= 0.6 is 11.8 Å². The molecular weight excluding hydrogens is 218 g/mol. The molecule has 1 aliphatic heterocycles. The maximum absolute atomic E-state index is 8.62. The molecule has 4 heteroatoms. The van der Waals surface area contributed by atoms with Crippen molar-refractivity contribution in [3.63, 3.8) is 0 Å². The highest BCUT2D eigenvalue weighted by Gasteiger charge is 2.18. The number of rotatable bonds is 0. The lowest BCUT2D eigenvalue weighted by molar-refractivity contribution is 0.401. The van der Waals surface area contributed by atoms with Crippen molar-refractivity contribution >= 4 is 16.9 Å². The van der Waals surface area contributed by atoms with Gasteiger partial charge in [-0.3, -0.25) is 0 Å². The summed E-state index contributed by atoms with van der Waals surface area (Å²) in [6, 6.07) is 8.45. The molecule has 0 atom stereocenters. The summed E-state index contributed by atoms with van der Waals surface area (Å²) in [5, 5.41) is 9.43. The molecule has 0 N–H and O–H groups in total. The molecule has 2 rings (SSSR count). The first kappa shape index (κ1) is 11.0. The number of nitrogens with zero attached hydrogens (tertiary/aromatic N) is 3. The van der Waals surface area contributed by atoms with Gasteiger partial charge in [0.15, 0.2) is 5.17 Å². The molecule has 0 aliphatic carbocycles. The van der Waals surface area contributed by atoms with Crippen LogP contribution in [-0.2, 0) is 13.0 Å². The van der Waals surface area contributed by atoms with Gasteiger partial charge in [0, 0.05) is 13.1 Å². The number of nitriles is 1. The second-order valence-electron chi connectivity index (χ2n) is 3.64. The van der Waals surface area contributed by atoms with Crippen LogP contribution in [0.5, 0.6) is 0 Å². The van der Waals surface area contributed by atoms with E-state index in [9.17, 15) is 0 Å². The van der Waals surface area contributed by atoms with E-state index < -0.39 is 0 Å². The summed E-state index contributed by atoms with van der Waals surface area (Å²) in [5.41, 5.74) is 2.75. The van der Waals surface area contributed by atoms with Crippen LogP contribution in [0.3, 0.4) is 0 Å². The highest BCUT2D eigenvalue weighted by molar-refractivity contribution is 8.13. The van der Waals surface area contributed by atoms with Crippen molar-refractivity contribution in [1.29, 1.82) is 5.26 Å². The Morgan fingerprint density at radius 3 is 2.88 bits per heavy atom. The fourth-order valence-corrected chi connectivity index (χ4v) is 2.49. The van der Waals surface area contributed by atoms with Gasteiger partial charge in [0.1, 0.15) is 0 Å². The molecule has 0 radical (unpaired) electrons. The van der Waals surface area contributed by atoms with Crippen molar-refractivity contribution in [2.24, 2.45) is 4.99 Å². The standard InChI is InChI=1S/C12H13N3S/c1-16-12(14-9-13)15-7-6-10-4-2-3-5-11(10)8-15/h2-5H,6-8H2,1H3. The molecule has 3 nitrogen and oxygen atoms in total. The summed E-state index contributed by atoms with van der Waals surface area (Å²) >= 11 is 1.53. The minimum absolute atomic E-state index is 0.817. The highest BCUT2D eigenvalue weighted by Crippen LogP contribution is 2.20. The van der Waals surface area contributed by atoms with Crippen molar-refractivity contribution in [1.82, 2.24) is 4.90 Å². The molecule has 0 unspecified atom stereocenters. The number of aliphatic imine (C=N–C) groups is 1. The molecule has 0 saturated heterocycles. The van der Waals surface area contributed by atoms with E-state index in [4.69, 9.17) is 5.26 Å². The molecule has 0 spiro atoms. The van der Waals surface area contributed by atoms with Crippen LogP contribution in [0.4, 0.5) is 0 Å². The normalized spacial score (nSPS) is 15.5. The molecule has 1 aromatic rings. The Balaban J connectivity index is 2.20. The second-order valence-corrected chi connectivity index (χ2v) is 4.41. The van der Waals surface area contributed by atoms with Crippen LogP contribution in [0.2, 0.25) is 0 Å². The van der Waals surface area contributed by atoms with E-state index >= 15 is 0 Å². The van der Waals surface area contributed by atoms with Crippen LogP contribution in [0.1, 0.15) is 11.1 Å². The van der Waals surface area contributed by atoms with Crippen molar-refractivity contribution in [3.05, 3.63) is 35.4 Å². The van der Waals surface area contributed by atoms with Gasteiger partial charge in [-0.1, -0.05) is 36.0 Å². The third-order valence-corrected chi connectivity index (χ3v) is 3.44. The average molecular weight is 231 g/mol. The molecule has 0 fully saturated rings. The first-order valence-corrected chi connectivity index (χ1v) is 6.40. The van der Waals surface area contributed by atoms with Crippen molar-refractivity contribution < 1.29 is 0 Å². The Labute approximate surface area is 99.8 Å². The first-order valence-electron chi connectivity index (χ1n) is 5.17. The highest BCUT2D eigenvalue weighted by atomic mass is 32.2. The molecule has 1 aromatic carbocycles. The summed E-state index contributed by atoms with van der Waals surface area (Å²) in [7, 11) is 0. The molecule has 1 aliphatic rings.